The zero-order valence-electron chi connectivity index (χ0n) is 9.34. The van der Waals surface area contributed by atoms with Crippen molar-refractivity contribution in [1.29, 1.82) is 0 Å². The Morgan fingerprint density at radius 1 is 1.29 bits per heavy atom. The number of benzene rings is 1. The number of alkyl halides is 3. The standard InChI is InChI=1S/C12H11F3O2/c1-8(2)6-11(16)9-4-3-5-10(7-9)17-12(13,14)15/h3-7H,1-2H3. The van der Waals surface area contributed by atoms with E-state index in [2.05, 4.69) is 4.74 Å². The Bertz CT molecular complexity index is 443. The van der Waals surface area contributed by atoms with Gasteiger partial charge in [0.1, 0.15) is 5.75 Å². The molecule has 0 aliphatic rings. The minimum atomic E-state index is -4.75. The molecule has 1 aromatic rings. The van der Waals surface area contributed by atoms with E-state index in [0.717, 1.165) is 17.7 Å². The van der Waals surface area contributed by atoms with Crippen LogP contribution in [0.2, 0.25) is 0 Å². The second-order valence-corrected chi connectivity index (χ2v) is 3.66. The van der Waals surface area contributed by atoms with E-state index in [1.807, 2.05) is 0 Å². The summed E-state index contributed by atoms with van der Waals surface area (Å²) in [7, 11) is 0. The van der Waals surface area contributed by atoms with Crippen molar-refractivity contribution in [1.82, 2.24) is 0 Å². The van der Waals surface area contributed by atoms with Crippen molar-refractivity contribution in [2.75, 3.05) is 0 Å². The Labute approximate surface area is 96.7 Å². The average molecular weight is 244 g/mol. The number of ketones is 1. The van der Waals surface area contributed by atoms with Gasteiger partial charge in [0.25, 0.3) is 0 Å². The van der Waals surface area contributed by atoms with Gasteiger partial charge >= 0.3 is 6.36 Å². The van der Waals surface area contributed by atoms with Gasteiger partial charge in [0.15, 0.2) is 5.78 Å². The summed E-state index contributed by atoms with van der Waals surface area (Å²) in [4.78, 5) is 11.6. The molecule has 0 N–H and O–H groups in total. The summed E-state index contributed by atoms with van der Waals surface area (Å²) in [5.74, 6) is -0.747. The molecule has 5 heteroatoms. The van der Waals surface area contributed by atoms with Gasteiger partial charge in [0, 0.05) is 5.56 Å². The summed E-state index contributed by atoms with van der Waals surface area (Å²) in [6, 6.07) is 4.99. The number of carbonyl (C=O) groups excluding carboxylic acids is 1. The third kappa shape index (κ3) is 4.72. The average Bonchev–Trinajstić information content (AvgIpc) is 2.14. The molecular weight excluding hydrogens is 233 g/mol. The van der Waals surface area contributed by atoms with Crippen LogP contribution < -0.4 is 4.74 Å². The van der Waals surface area contributed by atoms with E-state index in [4.69, 9.17) is 0 Å². The molecule has 0 aliphatic heterocycles. The Hall–Kier alpha value is -1.78. The Kier molecular flexibility index (Phi) is 3.93. The van der Waals surface area contributed by atoms with Crippen LogP contribution in [0.15, 0.2) is 35.9 Å². The summed E-state index contributed by atoms with van der Waals surface area (Å²) < 4.78 is 39.6. The summed E-state index contributed by atoms with van der Waals surface area (Å²) in [6.45, 7) is 3.46. The maximum atomic E-state index is 12.0. The molecule has 0 fully saturated rings. The van der Waals surface area contributed by atoms with Gasteiger partial charge in [-0.1, -0.05) is 17.7 Å². The fourth-order valence-electron chi connectivity index (χ4n) is 1.19. The van der Waals surface area contributed by atoms with Crippen LogP contribution in [0, 0.1) is 0 Å². The minimum absolute atomic E-state index is 0.160. The van der Waals surface area contributed by atoms with E-state index in [0.29, 0.717) is 0 Å². The lowest BCUT2D eigenvalue weighted by Gasteiger charge is -2.09. The summed E-state index contributed by atoms with van der Waals surface area (Å²) in [5, 5.41) is 0. The SMILES string of the molecule is CC(C)=CC(=O)c1cccc(OC(F)(F)F)c1. The van der Waals surface area contributed by atoms with Crippen molar-refractivity contribution >= 4 is 5.78 Å². The molecule has 0 amide bonds. The summed E-state index contributed by atoms with van der Waals surface area (Å²) in [5.41, 5.74) is 0.935. The highest BCUT2D eigenvalue weighted by Gasteiger charge is 2.31. The van der Waals surface area contributed by atoms with Crippen molar-refractivity contribution in [3.63, 3.8) is 0 Å². The number of ether oxygens (including phenoxy) is 1. The molecule has 92 valence electrons. The zero-order valence-corrected chi connectivity index (χ0v) is 9.34. The normalized spacial score (nSPS) is 10.9. The predicted molar refractivity (Wildman–Crippen MR) is 56.9 cm³/mol. The molecule has 17 heavy (non-hydrogen) atoms. The van der Waals surface area contributed by atoms with Crippen molar-refractivity contribution < 1.29 is 22.7 Å². The van der Waals surface area contributed by atoms with Crippen LogP contribution in [0.4, 0.5) is 13.2 Å². The van der Waals surface area contributed by atoms with Crippen LogP contribution in [-0.4, -0.2) is 12.1 Å². The molecule has 0 unspecified atom stereocenters. The number of hydrogen-bond acceptors (Lipinski definition) is 2. The molecule has 0 heterocycles. The first-order valence-electron chi connectivity index (χ1n) is 4.83. The number of halogens is 3. The highest BCUT2D eigenvalue weighted by Crippen LogP contribution is 2.23. The van der Waals surface area contributed by atoms with Crippen molar-refractivity contribution in [3.8, 4) is 5.75 Å². The molecule has 0 spiro atoms. The van der Waals surface area contributed by atoms with E-state index in [1.165, 1.54) is 18.2 Å². The highest BCUT2D eigenvalue weighted by atomic mass is 19.4. The van der Waals surface area contributed by atoms with Crippen LogP contribution in [-0.2, 0) is 0 Å². The molecule has 1 rings (SSSR count). The number of hydrogen-bond donors (Lipinski definition) is 0. The van der Waals surface area contributed by atoms with Gasteiger partial charge in [-0.3, -0.25) is 4.79 Å². The van der Waals surface area contributed by atoms with E-state index < -0.39 is 12.1 Å². The molecule has 0 aromatic heterocycles. The maximum Gasteiger partial charge on any atom is 0.573 e. The summed E-state index contributed by atoms with van der Waals surface area (Å²) >= 11 is 0. The van der Waals surface area contributed by atoms with Crippen LogP contribution >= 0.6 is 0 Å². The molecule has 0 radical (unpaired) electrons. The van der Waals surface area contributed by atoms with Crippen molar-refractivity contribution in [2.24, 2.45) is 0 Å². The second kappa shape index (κ2) is 5.03. The fraction of sp³-hybridized carbons (Fsp3) is 0.250. The van der Waals surface area contributed by atoms with Crippen LogP contribution in [0.25, 0.3) is 0 Å². The quantitative estimate of drug-likeness (QED) is 0.598. The first-order chi connectivity index (χ1) is 7.78. The molecular formula is C12H11F3O2. The molecule has 0 saturated heterocycles. The maximum absolute atomic E-state index is 12.0. The smallest absolute Gasteiger partial charge is 0.406 e. The molecule has 2 nitrogen and oxygen atoms in total. The van der Waals surface area contributed by atoms with Crippen molar-refractivity contribution in [2.45, 2.75) is 20.2 Å². The first-order valence-corrected chi connectivity index (χ1v) is 4.83. The summed E-state index contributed by atoms with van der Waals surface area (Å²) in [6.07, 6.45) is -3.40. The lowest BCUT2D eigenvalue weighted by atomic mass is 10.1. The Balaban J connectivity index is 2.94. The third-order valence-corrected chi connectivity index (χ3v) is 1.77. The van der Waals surface area contributed by atoms with Gasteiger partial charge in [-0.2, -0.15) is 0 Å². The number of allylic oxidation sites excluding steroid dienone is 2. The van der Waals surface area contributed by atoms with Gasteiger partial charge in [0.2, 0.25) is 0 Å². The topological polar surface area (TPSA) is 26.3 Å². The number of rotatable bonds is 3. The van der Waals surface area contributed by atoms with E-state index in [9.17, 15) is 18.0 Å². The molecule has 0 aliphatic carbocycles. The van der Waals surface area contributed by atoms with Gasteiger partial charge < -0.3 is 4.74 Å². The molecule has 0 saturated carbocycles. The van der Waals surface area contributed by atoms with E-state index in [-0.39, 0.29) is 11.3 Å². The van der Waals surface area contributed by atoms with E-state index >= 15 is 0 Å². The van der Waals surface area contributed by atoms with Crippen molar-refractivity contribution in [3.05, 3.63) is 41.5 Å². The highest BCUT2D eigenvalue weighted by molar-refractivity contribution is 6.05. The van der Waals surface area contributed by atoms with Crippen LogP contribution in [0.1, 0.15) is 24.2 Å². The molecule has 0 atom stereocenters. The fourth-order valence-corrected chi connectivity index (χ4v) is 1.19. The zero-order chi connectivity index (χ0) is 13.1. The van der Waals surface area contributed by atoms with Crippen LogP contribution in [0.3, 0.4) is 0 Å². The molecule has 0 bridgehead atoms. The lowest BCUT2D eigenvalue weighted by Crippen LogP contribution is -2.17. The van der Waals surface area contributed by atoms with Gasteiger partial charge in [-0.15, -0.1) is 13.2 Å². The van der Waals surface area contributed by atoms with Gasteiger partial charge in [-0.25, -0.2) is 0 Å². The lowest BCUT2D eigenvalue weighted by molar-refractivity contribution is -0.274. The second-order valence-electron chi connectivity index (χ2n) is 3.66. The third-order valence-electron chi connectivity index (χ3n) is 1.77. The monoisotopic (exact) mass is 244 g/mol. The van der Waals surface area contributed by atoms with Gasteiger partial charge in [0.05, 0.1) is 0 Å². The van der Waals surface area contributed by atoms with Crippen LogP contribution in [0.5, 0.6) is 5.75 Å². The predicted octanol–water partition coefficient (Wildman–Crippen LogP) is 3.73. The number of carbonyl (C=O) groups is 1. The first kappa shape index (κ1) is 13.3. The molecule has 1 aromatic carbocycles. The van der Waals surface area contributed by atoms with E-state index in [1.54, 1.807) is 13.8 Å². The van der Waals surface area contributed by atoms with Gasteiger partial charge in [-0.05, 0) is 32.1 Å². The largest absolute Gasteiger partial charge is 0.573 e. The Morgan fingerprint density at radius 3 is 2.47 bits per heavy atom. The minimum Gasteiger partial charge on any atom is -0.406 e. The Morgan fingerprint density at radius 2 is 1.94 bits per heavy atom.